The van der Waals surface area contributed by atoms with E-state index < -0.39 is 0 Å². The molecule has 0 radical (unpaired) electrons. The van der Waals surface area contributed by atoms with E-state index in [1.807, 2.05) is 32.8 Å². The average Bonchev–Trinajstić information content (AvgIpc) is 2.77. The minimum atomic E-state index is -0.307. The standard InChI is InChI=1S/C13H22N4O2S.HI/c1-7-19-12(18)10-8(2)15-11(20-10)9(3)16-13(14-4)17(5)6;/h9H,7H2,1-6H3,(H,14,16);1H. The van der Waals surface area contributed by atoms with Crippen LogP contribution < -0.4 is 5.32 Å². The molecular formula is C13H23IN4O2S. The van der Waals surface area contributed by atoms with E-state index in [4.69, 9.17) is 4.74 Å². The number of halogens is 1. The summed E-state index contributed by atoms with van der Waals surface area (Å²) >= 11 is 1.36. The number of hydrogen-bond donors (Lipinski definition) is 1. The maximum atomic E-state index is 11.8. The molecule has 0 saturated carbocycles. The van der Waals surface area contributed by atoms with Crippen LogP contribution in [0.1, 0.15) is 40.3 Å². The number of aryl methyl sites for hydroxylation is 1. The fourth-order valence-corrected chi connectivity index (χ4v) is 2.60. The zero-order valence-electron chi connectivity index (χ0n) is 13.3. The van der Waals surface area contributed by atoms with Crippen LogP contribution in [0.15, 0.2) is 4.99 Å². The van der Waals surface area contributed by atoms with Crippen LogP contribution in [-0.2, 0) is 4.74 Å². The quantitative estimate of drug-likeness (QED) is 0.347. The van der Waals surface area contributed by atoms with Crippen molar-refractivity contribution in [1.82, 2.24) is 15.2 Å². The lowest BCUT2D eigenvalue weighted by Crippen LogP contribution is -2.37. The minimum absolute atomic E-state index is 0. The molecule has 8 heteroatoms. The summed E-state index contributed by atoms with van der Waals surface area (Å²) in [5.41, 5.74) is 0.706. The van der Waals surface area contributed by atoms with Crippen LogP contribution >= 0.6 is 35.3 Å². The number of aliphatic imine (C=N–C) groups is 1. The van der Waals surface area contributed by atoms with E-state index in [1.54, 1.807) is 14.0 Å². The molecule has 1 atom stereocenters. The number of thiazole rings is 1. The summed E-state index contributed by atoms with van der Waals surface area (Å²) in [6, 6.07) is -0.0250. The van der Waals surface area contributed by atoms with Gasteiger partial charge in [0.1, 0.15) is 9.88 Å². The van der Waals surface area contributed by atoms with Crippen molar-refractivity contribution >= 4 is 47.2 Å². The molecule has 1 rings (SSSR count). The molecule has 0 bridgehead atoms. The van der Waals surface area contributed by atoms with Crippen molar-refractivity contribution in [1.29, 1.82) is 0 Å². The molecule has 1 unspecified atom stereocenters. The summed E-state index contributed by atoms with van der Waals surface area (Å²) < 4.78 is 5.02. The molecule has 21 heavy (non-hydrogen) atoms. The molecule has 120 valence electrons. The summed E-state index contributed by atoms with van der Waals surface area (Å²) in [6.45, 7) is 5.97. The zero-order valence-corrected chi connectivity index (χ0v) is 16.4. The average molecular weight is 426 g/mol. The highest BCUT2D eigenvalue weighted by Gasteiger charge is 2.20. The van der Waals surface area contributed by atoms with E-state index in [1.165, 1.54) is 11.3 Å². The highest BCUT2D eigenvalue weighted by Crippen LogP contribution is 2.24. The second-order valence-electron chi connectivity index (χ2n) is 4.49. The highest BCUT2D eigenvalue weighted by atomic mass is 127. The molecule has 0 aliphatic heterocycles. The van der Waals surface area contributed by atoms with Crippen LogP contribution in [0.2, 0.25) is 0 Å². The largest absolute Gasteiger partial charge is 0.462 e. The SMILES string of the molecule is CCOC(=O)c1sc(C(C)NC(=NC)N(C)C)nc1C.I. The lowest BCUT2D eigenvalue weighted by Gasteiger charge is -2.20. The van der Waals surface area contributed by atoms with E-state index >= 15 is 0 Å². The monoisotopic (exact) mass is 426 g/mol. The predicted molar refractivity (Wildman–Crippen MR) is 96.8 cm³/mol. The fraction of sp³-hybridized carbons (Fsp3) is 0.615. The number of ether oxygens (including phenoxy) is 1. The Kier molecular flexibility index (Phi) is 8.79. The van der Waals surface area contributed by atoms with Crippen molar-refractivity contribution in [2.24, 2.45) is 4.99 Å². The topological polar surface area (TPSA) is 66.8 Å². The van der Waals surface area contributed by atoms with E-state index in [-0.39, 0.29) is 36.0 Å². The Labute approximate surface area is 147 Å². The van der Waals surface area contributed by atoms with Crippen LogP contribution in [0, 0.1) is 6.92 Å². The first kappa shape index (κ1) is 20.1. The Hall–Kier alpha value is -0.900. The maximum absolute atomic E-state index is 11.8. The molecule has 1 N–H and O–H groups in total. The predicted octanol–water partition coefficient (Wildman–Crippen LogP) is 2.44. The highest BCUT2D eigenvalue weighted by molar-refractivity contribution is 14.0. The summed E-state index contributed by atoms with van der Waals surface area (Å²) in [5, 5.41) is 4.11. The summed E-state index contributed by atoms with van der Waals surface area (Å²) in [6.07, 6.45) is 0. The van der Waals surface area contributed by atoms with Gasteiger partial charge in [-0.05, 0) is 20.8 Å². The van der Waals surface area contributed by atoms with E-state index in [9.17, 15) is 4.79 Å². The smallest absolute Gasteiger partial charge is 0.350 e. The fourth-order valence-electron chi connectivity index (χ4n) is 1.64. The molecule has 1 aromatic rings. The molecule has 0 fully saturated rings. The van der Waals surface area contributed by atoms with Crippen LogP contribution in [0.4, 0.5) is 0 Å². The van der Waals surface area contributed by atoms with E-state index in [0.29, 0.717) is 17.2 Å². The molecule has 1 heterocycles. The zero-order chi connectivity index (χ0) is 15.3. The Morgan fingerprint density at radius 2 is 2.14 bits per heavy atom. The maximum Gasteiger partial charge on any atom is 0.350 e. The lowest BCUT2D eigenvalue weighted by molar-refractivity contribution is 0.0531. The number of guanidine groups is 1. The summed E-state index contributed by atoms with van der Waals surface area (Å²) in [4.78, 5) is 22.8. The van der Waals surface area contributed by atoms with Crippen molar-refractivity contribution in [2.45, 2.75) is 26.8 Å². The first-order valence-electron chi connectivity index (χ1n) is 6.45. The summed E-state index contributed by atoms with van der Waals surface area (Å²) in [5.74, 6) is 0.459. The minimum Gasteiger partial charge on any atom is -0.462 e. The number of hydrogen-bond acceptors (Lipinski definition) is 5. The van der Waals surface area contributed by atoms with Gasteiger partial charge in [-0.15, -0.1) is 35.3 Å². The number of nitrogens with zero attached hydrogens (tertiary/aromatic N) is 3. The number of carbonyl (C=O) groups excluding carboxylic acids is 1. The van der Waals surface area contributed by atoms with Crippen molar-refractivity contribution < 1.29 is 9.53 Å². The molecular weight excluding hydrogens is 403 g/mol. The van der Waals surface area contributed by atoms with E-state index in [2.05, 4.69) is 15.3 Å². The molecule has 0 aliphatic carbocycles. The molecule has 0 spiro atoms. The van der Waals surface area contributed by atoms with Crippen LogP contribution in [0.3, 0.4) is 0 Å². The van der Waals surface area contributed by atoms with Crippen molar-refractivity contribution in [3.8, 4) is 0 Å². The first-order chi connectivity index (χ1) is 9.40. The first-order valence-corrected chi connectivity index (χ1v) is 7.27. The van der Waals surface area contributed by atoms with Gasteiger partial charge in [0.2, 0.25) is 0 Å². The third kappa shape index (κ3) is 5.42. The molecule has 0 amide bonds. The molecule has 1 aromatic heterocycles. The lowest BCUT2D eigenvalue weighted by atomic mass is 10.3. The van der Waals surface area contributed by atoms with Crippen LogP contribution in [0.25, 0.3) is 0 Å². The number of carbonyl (C=O) groups is 1. The van der Waals surface area contributed by atoms with Gasteiger partial charge in [-0.3, -0.25) is 4.99 Å². The van der Waals surface area contributed by atoms with Crippen molar-refractivity contribution in [3.05, 3.63) is 15.6 Å². The van der Waals surface area contributed by atoms with Gasteiger partial charge in [-0.2, -0.15) is 0 Å². The number of rotatable bonds is 4. The van der Waals surface area contributed by atoms with Gasteiger partial charge in [0.25, 0.3) is 0 Å². The van der Waals surface area contributed by atoms with Crippen LogP contribution in [-0.4, -0.2) is 49.6 Å². The van der Waals surface area contributed by atoms with Crippen molar-refractivity contribution in [3.63, 3.8) is 0 Å². The Morgan fingerprint density at radius 1 is 1.52 bits per heavy atom. The number of esters is 1. The third-order valence-electron chi connectivity index (χ3n) is 2.63. The number of aromatic nitrogens is 1. The van der Waals surface area contributed by atoms with Gasteiger partial charge in [0, 0.05) is 21.1 Å². The van der Waals surface area contributed by atoms with E-state index in [0.717, 1.165) is 11.0 Å². The second kappa shape index (κ2) is 9.19. The Morgan fingerprint density at radius 3 is 2.62 bits per heavy atom. The van der Waals surface area contributed by atoms with Crippen LogP contribution in [0.5, 0.6) is 0 Å². The van der Waals surface area contributed by atoms with Gasteiger partial charge >= 0.3 is 5.97 Å². The van der Waals surface area contributed by atoms with Gasteiger partial charge < -0.3 is 15.0 Å². The second-order valence-corrected chi connectivity index (χ2v) is 5.53. The Balaban J connectivity index is 0.00000400. The van der Waals surface area contributed by atoms with Gasteiger partial charge in [-0.1, -0.05) is 0 Å². The molecule has 6 nitrogen and oxygen atoms in total. The van der Waals surface area contributed by atoms with Crippen molar-refractivity contribution in [2.75, 3.05) is 27.7 Å². The summed E-state index contributed by atoms with van der Waals surface area (Å²) in [7, 11) is 5.56. The van der Waals surface area contributed by atoms with Gasteiger partial charge in [-0.25, -0.2) is 9.78 Å². The van der Waals surface area contributed by atoms with Gasteiger partial charge in [0.05, 0.1) is 18.3 Å². The third-order valence-corrected chi connectivity index (χ3v) is 3.95. The normalized spacial score (nSPS) is 12.4. The Bertz CT molecular complexity index is 502. The molecule has 0 aliphatic rings. The number of nitrogens with one attached hydrogen (secondary N) is 1. The molecule has 0 saturated heterocycles. The van der Waals surface area contributed by atoms with Gasteiger partial charge in [0.15, 0.2) is 5.96 Å². The molecule has 0 aromatic carbocycles.